The normalized spacial score (nSPS) is 17.2. The molecule has 0 bridgehead atoms. The molecule has 0 saturated carbocycles. The number of ether oxygens (including phenoxy) is 1. The second-order valence-corrected chi connectivity index (χ2v) is 8.13. The molecule has 3 aromatic carbocycles. The predicted octanol–water partition coefficient (Wildman–Crippen LogP) is 4.82. The maximum atomic E-state index is 13.2. The number of anilines is 1. The summed E-state index contributed by atoms with van der Waals surface area (Å²) in [6, 6.07) is 16.4. The van der Waals surface area contributed by atoms with Gasteiger partial charge < -0.3 is 20.1 Å². The number of phenols is 2. The molecule has 1 atom stereocenters. The lowest BCUT2D eigenvalue weighted by Gasteiger charge is -2.26. The van der Waals surface area contributed by atoms with Crippen molar-refractivity contribution < 1.29 is 29.6 Å². The van der Waals surface area contributed by atoms with Crippen LogP contribution in [0.2, 0.25) is 0 Å². The highest BCUT2D eigenvalue weighted by molar-refractivity contribution is 6.51. The van der Waals surface area contributed by atoms with Crippen LogP contribution in [0.3, 0.4) is 0 Å². The van der Waals surface area contributed by atoms with E-state index in [1.54, 1.807) is 55.5 Å². The smallest absolute Gasteiger partial charge is 0.300 e. The van der Waals surface area contributed by atoms with Gasteiger partial charge in [-0.3, -0.25) is 14.5 Å². The van der Waals surface area contributed by atoms with Crippen molar-refractivity contribution in [2.75, 3.05) is 11.5 Å². The Kier molecular flexibility index (Phi) is 6.27. The van der Waals surface area contributed by atoms with Crippen LogP contribution in [0.5, 0.6) is 17.2 Å². The molecule has 0 spiro atoms. The summed E-state index contributed by atoms with van der Waals surface area (Å²) in [4.78, 5) is 27.6. The molecule has 0 aliphatic carbocycles. The summed E-state index contributed by atoms with van der Waals surface area (Å²) in [6.45, 7) is 4.27. The number of aliphatic hydroxyl groups excluding tert-OH is 1. The average molecular weight is 459 g/mol. The molecule has 1 saturated heterocycles. The van der Waals surface area contributed by atoms with Gasteiger partial charge in [0, 0.05) is 5.56 Å². The first-order chi connectivity index (χ1) is 16.3. The number of carbonyl (C=O) groups excluding carboxylic acids is 2. The number of aromatic hydroxyl groups is 2. The molecular formula is C27H25NO6. The molecule has 174 valence electrons. The summed E-state index contributed by atoms with van der Waals surface area (Å²) in [5, 5.41) is 31.5. The van der Waals surface area contributed by atoms with Crippen LogP contribution >= 0.6 is 0 Å². The van der Waals surface area contributed by atoms with Crippen molar-refractivity contribution in [3.63, 3.8) is 0 Å². The Bertz CT molecular complexity index is 1280. The van der Waals surface area contributed by atoms with Gasteiger partial charge >= 0.3 is 0 Å². The largest absolute Gasteiger partial charge is 0.508 e. The third kappa shape index (κ3) is 4.20. The van der Waals surface area contributed by atoms with Gasteiger partial charge in [-0.2, -0.15) is 0 Å². The molecule has 3 aromatic rings. The third-order valence-corrected chi connectivity index (χ3v) is 5.62. The first kappa shape index (κ1) is 22.9. The highest BCUT2D eigenvalue weighted by atomic mass is 16.5. The molecule has 0 aromatic heterocycles. The van der Waals surface area contributed by atoms with E-state index in [0.29, 0.717) is 23.5 Å². The van der Waals surface area contributed by atoms with Gasteiger partial charge in [-0.1, -0.05) is 37.3 Å². The summed E-state index contributed by atoms with van der Waals surface area (Å²) in [5.74, 6) is -1.74. The van der Waals surface area contributed by atoms with E-state index in [9.17, 15) is 24.9 Å². The Hall–Kier alpha value is -4.26. The zero-order valence-corrected chi connectivity index (χ0v) is 18.9. The number of nitrogens with zero attached hydrogens (tertiary/aromatic N) is 1. The summed E-state index contributed by atoms with van der Waals surface area (Å²) in [6.07, 6.45) is 0.808. The van der Waals surface area contributed by atoms with Crippen LogP contribution in [-0.2, 0) is 9.59 Å². The minimum atomic E-state index is -1.02. The number of phenolic OH excluding ortho intramolecular Hbond substituents is 2. The molecule has 1 amide bonds. The van der Waals surface area contributed by atoms with Gasteiger partial charge in [0.2, 0.25) is 0 Å². The molecule has 34 heavy (non-hydrogen) atoms. The van der Waals surface area contributed by atoms with Crippen molar-refractivity contribution in [2.24, 2.45) is 0 Å². The maximum Gasteiger partial charge on any atom is 0.300 e. The van der Waals surface area contributed by atoms with Gasteiger partial charge in [0.1, 0.15) is 23.0 Å². The quantitative estimate of drug-likeness (QED) is 0.277. The first-order valence-corrected chi connectivity index (χ1v) is 10.9. The number of rotatable bonds is 6. The van der Waals surface area contributed by atoms with Gasteiger partial charge in [0.25, 0.3) is 11.7 Å². The summed E-state index contributed by atoms with van der Waals surface area (Å²) in [7, 11) is 0. The number of carbonyl (C=O) groups is 2. The fourth-order valence-corrected chi connectivity index (χ4v) is 3.99. The van der Waals surface area contributed by atoms with Crippen LogP contribution in [0.1, 0.15) is 36.1 Å². The van der Waals surface area contributed by atoms with Crippen molar-refractivity contribution in [3.05, 3.63) is 89.0 Å². The lowest BCUT2D eigenvalue weighted by atomic mass is 9.95. The average Bonchev–Trinajstić information content (AvgIpc) is 3.09. The molecule has 1 aliphatic rings. The van der Waals surface area contributed by atoms with Crippen molar-refractivity contribution in [2.45, 2.75) is 26.3 Å². The van der Waals surface area contributed by atoms with E-state index < -0.39 is 17.7 Å². The molecule has 1 heterocycles. The van der Waals surface area contributed by atoms with E-state index in [0.717, 1.165) is 12.0 Å². The maximum absolute atomic E-state index is 13.2. The monoisotopic (exact) mass is 459 g/mol. The van der Waals surface area contributed by atoms with E-state index in [1.807, 2.05) is 6.92 Å². The fraction of sp³-hybridized carbons (Fsp3) is 0.185. The first-order valence-electron chi connectivity index (χ1n) is 10.9. The van der Waals surface area contributed by atoms with E-state index in [2.05, 4.69) is 0 Å². The van der Waals surface area contributed by atoms with Crippen molar-refractivity contribution in [1.82, 2.24) is 0 Å². The van der Waals surface area contributed by atoms with Gasteiger partial charge in [-0.15, -0.1) is 0 Å². The second-order valence-electron chi connectivity index (χ2n) is 8.13. The Labute approximate surface area is 197 Å². The van der Waals surface area contributed by atoms with Crippen LogP contribution in [-0.4, -0.2) is 33.6 Å². The predicted molar refractivity (Wildman–Crippen MR) is 128 cm³/mol. The lowest BCUT2D eigenvalue weighted by Crippen LogP contribution is -2.29. The highest BCUT2D eigenvalue weighted by Crippen LogP contribution is 2.45. The molecule has 7 heteroatoms. The van der Waals surface area contributed by atoms with Gasteiger partial charge in [0.15, 0.2) is 0 Å². The molecule has 7 nitrogen and oxygen atoms in total. The third-order valence-electron chi connectivity index (χ3n) is 5.62. The van der Waals surface area contributed by atoms with E-state index >= 15 is 0 Å². The zero-order chi connectivity index (χ0) is 24.4. The van der Waals surface area contributed by atoms with Crippen LogP contribution in [0.15, 0.2) is 72.3 Å². The Balaban J connectivity index is 1.92. The Morgan fingerprint density at radius 1 is 1.00 bits per heavy atom. The number of amides is 1. The number of hydrogen-bond acceptors (Lipinski definition) is 6. The van der Waals surface area contributed by atoms with Crippen molar-refractivity contribution in [3.8, 4) is 17.2 Å². The molecule has 1 aliphatic heterocycles. The van der Waals surface area contributed by atoms with Crippen molar-refractivity contribution in [1.29, 1.82) is 0 Å². The summed E-state index contributed by atoms with van der Waals surface area (Å²) >= 11 is 0. The fourth-order valence-electron chi connectivity index (χ4n) is 3.99. The van der Waals surface area contributed by atoms with Gasteiger partial charge in [0.05, 0.1) is 23.9 Å². The molecule has 1 unspecified atom stereocenters. The minimum Gasteiger partial charge on any atom is -0.508 e. The van der Waals surface area contributed by atoms with E-state index in [1.165, 1.54) is 23.1 Å². The van der Waals surface area contributed by atoms with Gasteiger partial charge in [-0.05, 0) is 60.9 Å². The molecule has 0 radical (unpaired) electrons. The highest BCUT2D eigenvalue weighted by Gasteiger charge is 2.47. The van der Waals surface area contributed by atoms with Crippen LogP contribution in [0, 0.1) is 6.92 Å². The van der Waals surface area contributed by atoms with E-state index in [-0.39, 0.29) is 28.5 Å². The number of aliphatic hydroxyl groups is 1. The molecular weight excluding hydrogens is 434 g/mol. The number of Topliss-reactive ketones (excluding diaryl/α,β-unsaturated/α-hetero) is 1. The lowest BCUT2D eigenvalue weighted by molar-refractivity contribution is -0.132. The van der Waals surface area contributed by atoms with Gasteiger partial charge in [-0.25, -0.2) is 0 Å². The van der Waals surface area contributed by atoms with Crippen molar-refractivity contribution >= 4 is 23.1 Å². The van der Waals surface area contributed by atoms with Crippen LogP contribution in [0.25, 0.3) is 5.76 Å². The zero-order valence-electron chi connectivity index (χ0n) is 18.9. The Morgan fingerprint density at radius 2 is 1.74 bits per heavy atom. The standard InChI is InChI=1S/C27H25NO6/c1-3-13-34-20-6-4-5-18(15-20)25(31)23-24(17-8-10-19(29)11-9-17)28(27(33)26(23)32)21-14-16(2)7-12-22(21)30/h4-12,14-15,24,29-31H,3,13H2,1-2H3/b25-23+. The van der Waals surface area contributed by atoms with E-state index in [4.69, 9.17) is 4.74 Å². The molecule has 1 fully saturated rings. The number of hydrogen-bond donors (Lipinski definition) is 3. The summed E-state index contributed by atoms with van der Waals surface area (Å²) < 4.78 is 5.64. The summed E-state index contributed by atoms with van der Waals surface area (Å²) in [5.41, 5.74) is 1.62. The minimum absolute atomic E-state index is 0.0138. The second kappa shape index (κ2) is 9.31. The number of aryl methyl sites for hydroxylation is 1. The molecule has 3 N–H and O–H groups in total. The molecule has 4 rings (SSSR count). The van der Waals surface area contributed by atoms with Crippen LogP contribution in [0.4, 0.5) is 5.69 Å². The number of benzene rings is 3. The SMILES string of the molecule is CCCOc1cccc(/C(O)=C2\C(=O)C(=O)N(c3cc(C)ccc3O)C2c2ccc(O)cc2)c1. The Morgan fingerprint density at radius 3 is 2.44 bits per heavy atom. The number of ketones is 1. The van der Waals surface area contributed by atoms with Crippen LogP contribution < -0.4 is 9.64 Å². The topological polar surface area (TPSA) is 107 Å².